The molecule has 1 aromatic heterocycles. The van der Waals surface area contributed by atoms with Gasteiger partial charge in [0.05, 0.1) is 18.1 Å². The first-order valence-electron chi connectivity index (χ1n) is 9.49. The summed E-state index contributed by atoms with van der Waals surface area (Å²) in [5.41, 5.74) is 0.594. The highest BCUT2D eigenvalue weighted by Crippen LogP contribution is 2.33. The van der Waals surface area contributed by atoms with Gasteiger partial charge in [0.15, 0.2) is 0 Å². The summed E-state index contributed by atoms with van der Waals surface area (Å²) in [6.45, 7) is 1.07. The van der Waals surface area contributed by atoms with E-state index in [0.717, 1.165) is 25.0 Å². The van der Waals surface area contributed by atoms with Crippen molar-refractivity contribution in [2.75, 3.05) is 25.6 Å². The summed E-state index contributed by atoms with van der Waals surface area (Å²) in [6.07, 6.45) is 1.81. The molecule has 1 atom stereocenters. The average molecular weight is 432 g/mol. The monoisotopic (exact) mass is 432 g/mol. The van der Waals surface area contributed by atoms with Gasteiger partial charge in [0.2, 0.25) is 26.6 Å². The lowest BCUT2D eigenvalue weighted by molar-refractivity contribution is 0.120. The van der Waals surface area contributed by atoms with E-state index in [1.165, 1.54) is 12.1 Å². The normalized spacial score (nSPS) is 16.5. The zero-order chi connectivity index (χ0) is 21.1. The van der Waals surface area contributed by atoms with Crippen LogP contribution in [-0.4, -0.2) is 39.8 Å². The number of benzene rings is 2. The van der Waals surface area contributed by atoms with Gasteiger partial charge in [-0.05, 0) is 61.4 Å². The largest absolute Gasteiger partial charge is 0.497 e. The van der Waals surface area contributed by atoms with E-state index in [4.69, 9.17) is 13.9 Å². The van der Waals surface area contributed by atoms with E-state index in [2.05, 4.69) is 10.3 Å². The molecular formula is C21H21FN2O5S. The summed E-state index contributed by atoms with van der Waals surface area (Å²) in [7, 11) is -2.48. The number of hydrogen-bond donors (Lipinski definition) is 1. The molecule has 0 radical (unpaired) electrons. The van der Waals surface area contributed by atoms with Crippen LogP contribution in [0.1, 0.15) is 12.8 Å². The molecule has 9 heteroatoms. The Morgan fingerprint density at radius 1 is 1.17 bits per heavy atom. The van der Waals surface area contributed by atoms with Gasteiger partial charge >= 0.3 is 0 Å². The van der Waals surface area contributed by atoms with Crippen molar-refractivity contribution in [2.24, 2.45) is 0 Å². The van der Waals surface area contributed by atoms with Crippen LogP contribution in [0.25, 0.3) is 11.5 Å². The fourth-order valence-electron chi connectivity index (χ4n) is 3.19. The molecule has 7 nitrogen and oxygen atoms in total. The second-order valence-corrected chi connectivity index (χ2v) is 8.72. The predicted octanol–water partition coefficient (Wildman–Crippen LogP) is 3.91. The highest BCUT2D eigenvalue weighted by atomic mass is 32.2. The van der Waals surface area contributed by atoms with Gasteiger partial charge in [0.25, 0.3) is 0 Å². The van der Waals surface area contributed by atoms with Gasteiger partial charge < -0.3 is 19.2 Å². The molecular weight excluding hydrogens is 411 g/mol. The lowest BCUT2D eigenvalue weighted by Crippen LogP contribution is -2.19. The van der Waals surface area contributed by atoms with Crippen LogP contribution in [0.3, 0.4) is 0 Å². The molecule has 0 amide bonds. The van der Waals surface area contributed by atoms with Crippen molar-refractivity contribution in [3.05, 3.63) is 54.3 Å². The lowest BCUT2D eigenvalue weighted by Gasteiger charge is -2.10. The molecule has 1 unspecified atom stereocenters. The van der Waals surface area contributed by atoms with E-state index >= 15 is 0 Å². The number of halogens is 1. The minimum Gasteiger partial charge on any atom is -0.497 e. The molecule has 0 bridgehead atoms. The Hall–Kier alpha value is -2.91. The first kappa shape index (κ1) is 20.4. The molecule has 1 aliphatic heterocycles. The van der Waals surface area contributed by atoms with Gasteiger partial charge in [-0.15, -0.1) is 0 Å². The van der Waals surface area contributed by atoms with E-state index in [0.29, 0.717) is 24.5 Å². The number of sulfone groups is 1. The number of nitrogens with one attached hydrogen (secondary N) is 1. The van der Waals surface area contributed by atoms with Crippen LogP contribution >= 0.6 is 0 Å². The Balaban J connectivity index is 1.71. The molecule has 4 rings (SSSR count). The molecule has 0 saturated carbocycles. The highest BCUT2D eigenvalue weighted by Gasteiger charge is 2.29. The first-order valence-corrected chi connectivity index (χ1v) is 11.0. The Labute approximate surface area is 173 Å². The number of aromatic nitrogens is 1. The number of rotatable bonds is 7. The second kappa shape index (κ2) is 8.45. The molecule has 1 saturated heterocycles. The van der Waals surface area contributed by atoms with Crippen LogP contribution in [0, 0.1) is 5.82 Å². The molecule has 2 aromatic carbocycles. The van der Waals surface area contributed by atoms with Gasteiger partial charge in [-0.2, -0.15) is 4.98 Å². The van der Waals surface area contributed by atoms with Crippen LogP contribution in [0.4, 0.5) is 10.3 Å². The zero-order valence-electron chi connectivity index (χ0n) is 16.3. The van der Waals surface area contributed by atoms with Crippen molar-refractivity contribution in [2.45, 2.75) is 28.9 Å². The van der Waals surface area contributed by atoms with Crippen molar-refractivity contribution < 1.29 is 26.7 Å². The standard InChI is InChI=1S/C21H21FN2O5S/c1-27-16-8-4-14(5-9-16)19-24-21(20(29-19)23-13-17-3-2-12-28-17)30(25,26)18-10-6-15(22)7-11-18/h4-11,17,23H,2-3,12-13H2,1H3. The average Bonchev–Trinajstić information content (AvgIpc) is 3.43. The van der Waals surface area contributed by atoms with E-state index in [1.54, 1.807) is 31.4 Å². The van der Waals surface area contributed by atoms with Gasteiger partial charge in [-0.1, -0.05) is 0 Å². The minimum atomic E-state index is -4.03. The van der Waals surface area contributed by atoms with E-state index in [9.17, 15) is 12.8 Å². The van der Waals surface area contributed by atoms with Crippen LogP contribution in [0.5, 0.6) is 5.75 Å². The third-order valence-electron chi connectivity index (χ3n) is 4.83. The Bertz CT molecular complexity index is 1110. The van der Waals surface area contributed by atoms with Crippen LogP contribution in [-0.2, 0) is 14.6 Å². The van der Waals surface area contributed by atoms with Gasteiger partial charge in [-0.3, -0.25) is 0 Å². The number of oxazole rings is 1. The fraction of sp³-hybridized carbons (Fsp3) is 0.286. The molecule has 1 aliphatic rings. The summed E-state index contributed by atoms with van der Waals surface area (Å²) in [4.78, 5) is 4.19. The zero-order valence-corrected chi connectivity index (χ0v) is 17.1. The maximum Gasteiger partial charge on any atom is 0.233 e. The highest BCUT2D eigenvalue weighted by molar-refractivity contribution is 7.91. The van der Waals surface area contributed by atoms with E-state index < -0.39 is 15.7 Å². The summed E-state index contributed by atoms with van der Waals surface area (Å²) < 4.78 is 56.1. The van der Waals surface area contributed by atoms with Crippen molar-refractivity contribution in [3.8, 4) is 17.2 Å². The third-order valence-corrected chi connectivity index (χ3v) is 6.50. The summed E-state index contributed by atoms with van der Waals surface area (Å²) in [5.74, 6) is 0.305. The fourth-order valence-corrected chi connectivity index (χ4v) is 4.47. The Kier molecular flexibility index (Phi) is 5.74. The van der Waals surface area contributed by atoms with Crippen LogP contribution < -0.4 is 10.1 Å². The van der Waals surface area contributed by atoms with Crippen molar-refractivity contribution in [3.63, 3.8) is 0 Å². The third kappa shape index (κ3) is 4.17. The van der Waals surface area contributed by atoms with Crippen molar-refractivity contribution >= 4 is 15.7 Å². The summed E-state index contributed by atoms with van der Waals surface area (Å²) in [6, 6.07) is 11.5. The number of nitrogens with zero attached hydrogens (tertiary/aromatic N) is 1. The molecule has 0 aliphatic carbocycles. The number of methoxy groups -OCH3 is 1. The molecule has 1 N–H and O–H groups in total. The van der Waals surface area contributed by atoms with Gasteiger partial charge in [0.1, 0.15) is 11.6 Å². The molecule has 0 spiro atoms. The smallest absolute Gasteiger partial charge is 0.233 e. The Morgan fingerprint density at radius 3 is 2.53 bits per heavy atom. The SMILES string of the molecule is COc1ccc(-c2nc(S(=O)(=O)c3ccc(F)cc3)c(NCC3CCCO3)o2)cc1. The number of hydrogen-bond acceptors (Lipinski definition) is 7. The summed E-state index contributed by atoms with van der Waals surface area (Å²) >= 11 is 0. The first-order chi connectivity index (χ1) is 14.5. The maximum atomic E-state index is 13.3. The number of ether oxygens (including phenoxy) is 2. The topological polar surface area (TPSA) is 90.7 Å². The molecule has 2 heterocycles. The number of anilines is 1. The molecule has 1 fully saturated rings. The Morgan fingerprint density at radius 2 is 1.90 bits per heavy atom. The van der Waals surface area contributed by atoms with E-state index in [1.807, 2.05) is 0 Å². The second-order valence-electron chi connectivity index (χ2n) is 6.86. The van der Waals surface area contributed by atoms with Crippen LogP contribution in [0.15, 0.2) is 62.9 Å². The molecule has 30 heavy (non-hydrogen) atoms. The molecule has 3 aromatic rings. The van der Waals surface area contributed by atoms with E-state index in [-0.39, 0.29) is 27.8 Å². The van der Waals surface area contributed by atoms with Crippen molar-refractivity contribution in [1.29, 1.82) is 0 Å². The maximum absolute atomic E-state index is 13.3. The quantitative estimate of drug-likeness (QED) is 0.566. The van der Waals surface area contributed by atoms with Gasteiger partial charge in [-0.25, -0.2) is 12.8 Å². The van der Waals surface area contributed by atoms with Crippen molar-refractivity contribution in [1.82, 2.24) is 4.98 Å². The van der Waals surface area contributed by atoms with Crippen LogP contribution in [0.2, 0.25) is 0 Å². The lowest BCUT2D eigenvalue weighted by atomic mass is 10.2. The van der Waals surface area contributed by atoms with Gasteiger partial charge in [0, 0.05) is 18.7 Å². The molecule has 158 valence electrons. The minimum absolute atomic E-state index is 0.0269. The predicted molar refractivity (Wildman–Crippen MR) is 108 cm³/mol. The summed E-state index contributed by atoms with van der Waals surface area (Å²) in [5, 5.41) is 2.77.